The lowest BCUT2D eigenvalue weighted by molar-refractivity contribution is -0.136. The fourth-order valence-corrected chi connectivity index (χ4v) is 1.48. The summed E-state index contributed by atoms with van der Waals surface area (Å²) in [5.41, 5.74) is 0.617. The summed E-state index contributed by atoms with van der Waals surface area (Å²) in [7, 11) is 0. The Bertz CT molecular complexity index is 550. The quantitative estimate of drug-likeness (QED) is 0.684. The number of carbonyl (C=O) groups excluding carboxylic acids is 2. The number of hydrogen-bond acceptors (Lipinski definition) is 6. The molecular formula is C12H13N3O5. The van der Waals surface area contributed by atoms with Crippen LogP contribution < -0.4 is 10.6 Å². The van der Waals surface area contributed by atoms with Crippen LogP contribution in [0.5, 0.6) is 0 Å². The Hall–Kier alpha value is -2.61. The maximum atomic E-state index is 11.5. The van der Waals surface area contributed by atoms with Gasteiger partial charge >= 0.3 is 11.8 Å². The highest BCUT2D eigenvalue weighted by atomic mass is 16.5. The first kappa shape index (κ1) is 13.8. The Morgan fingerprint density at radius 2 is 2.15 bits per heavy atom. The predicted octanol–water partition coefficient (Wildman–Crippen LogP) is 0.446. The highest BCUT2D eigenvalue weighted by molar-refractivity contribution is 6.39. The molecule has 0 unspecified atom stereocenters. The average Bonchev–Trinajstić information content (AvgIpc) is 3.11. The number of carbonyl (C=O) groups is 2. The largest absolute Gasteiger partial charge is 0.472 e. The molecule has 0 saturated heterocycles. The van der Waals surface area contributed by atoms with Crippen molar-refractivity contribution in [1.29, 1.82) is 0 Å². The SMILES string of the molecule is O=C(NCC[C@H](O)c1ccoc1)C(=O)Nc1ccon1. The van der Waals surface area contributed by atoms with Gasteiger partial charge in [-0.15, -0.1) is 0 Å². The van der Waals surface area contributed by atoms with E-state index in [1.165, 1.54) is 24.9 Å². The van der Waals surface area contributed by atoms with Crippen LogP contribution in [-0.2, 0) is 9.59 Å². The van der Waals surface area contributed by atoms with Crippen molar-refractivity contribution in [1.82, 2.24) is 10.5 Å². The minimum atomic E-state index is -0.850. The summed E-state index contributed by atoms with van der Waals surface area (Å²) in [5, 5.41) is 17.8. The third-order valence-electron chi connectivity index (χ3n) is 2.52. The van der Waals surface area contributed by atoms with Crippen LogP contribution in [0.1, 0.15) is 18.1 Å². The third kappa shape index (κ3) is 3.69. The monoisotopic (exact) mass is 279 g/mol. The van der Waals surface area contributed by atoms with Gasteiger partial charge in [-0.3, -0.25) is 14.9 Å². The first-order valence-corrected chi connectivity index (χ1v) is 5.86. The molecule has 0 spiro atoms. The number of nitrogens with zero attached hydrogens (tertiary/aromatic N) is 1. The summed E-state index contributed by atoms with van der Waals surface area (Å²) in [5.74, 6) is -1.51. The second-order valence-electron chi connectivity index (χ2n) is 3.96. The molecule has 0 bridgehead atoms. The van der Waals surface area contributed by atoms with Crippen LogP contribution in [0.3, 0.4) is 0 Å². The van der Waals surface area contributed by atoms with E-state index in [1.807, 2.05) is 0 Å². The molecule has 0 fully saturated rings. The summed E-state index contributed by atoms with van der Waals surface area (Å²) in [6.45, 7) is 0.150. The zero-order valence-corrected chi connectivity index (χ0v) is 10.4. The van der Waals surface area contributed by atoms with Crippen LogP contribution in [0.4, 0.5) is 5.82 Å². The molecule has 0 aromatic carbocycles. The molecular weight excluding hydrogens is 266 g/mol. The maximum absolute atomic E-state index is 11.5. The number of aromatic nitrogens is 1. The van der Waals surface area contributed by atoms with E-state index in [4.69, 9.17) is 4.42 Å². The van der Waals surface area contributed by atoms with Gasteiger partial charge in [-0.2, -0.15) is 0 Å². The van der Waals surface area contributed by atoms with Gasteiger partial charge in [0.05, 0.1) is 18.6 Å². The predicted molar refractivity (Wildman–Crippen MR) is 66.4 cm³/mol. The van der Waals surface area contributed by atoms with Crippen LogP contribution in [0.15, 0.2) is 39.9 Å². The standard InChI is InChI=1S/C12H13N3O5/c16-9(8-2-5-19-7-8)1-4-13-11(17)12(18)14-10-3-6-20-15-10/h2-3,5-7,9,16H,1,4H2,(H,13,17)(H,14,15,18)/t9-/m0/s1. The molecule has 2 heterocycles. The van der Waals surface area contributed by atoms with Crippen LogP contribution in [0.25, 0.3) is 0 Å². The van der Waals surface area contributed by atoms with E-state index >= 15 is 0 Å². The minimum absolute atomic E-state index is 0.150. The lowest BCUT2D eigenvalue weighted by atomic mass is 10.1. The molecule has 106 valence electrons. The number of hydrogen-bond donors (Lipinski definition) is 3. The second kappa shape index (κ2) is 6.53. The van der Waals surface area contributed by atoms with E-state index in [9.17, 15) is 14.7 Å². The number of rotatable bonds is 5. The molecule has 1 atom stereocenters. The zero-order valence-electron chi connectivity index (χ0n) is 10.4. The van der Waals surface area contributed by atoms with Crippen molar-refractivity contribution in [2.24, 2.45) is 0 Å². The van der Waals surface area contributed by atoms with Gasteiger partial charge in [0.15, 0.2) is 5.82 Å². The van der Waals surface area contributed by atoms with Crippen molar-refractivity contribution in [3.05, 3.63) is 36.5 Å². The van der Waals surface area contributed by atoms with E-state index in [1.54, 1.807) is 6.07 Å². The van der Waals surface area contributed by atoms with Crippen LogP contribution in [-0.4, -0.2) is 28.6 Å². The van der Waals surface area contributed by atoms with Gasteiger partial charge in [0, 0.05) is 18.2 Å². The van der Waals surface area contributed by atoms with E-state index in [0.717, 1.165) is 0 Å². The topological polar surface area (TPSA) is 118 Å². The molecule has 0 aliphatic heterocycles. The Labute approximate surface area is 113 Å². The molecule has 2 aromatic heterocycles. The van der Waals surface area contributed by atoms with Crippen molar-refractivity contribution in [3.8, 4) is 0 Å². The minimum Gasteiger partial charge on any atom is -0.472 e. The van der Waals surface area contributed by atoms with E-state index in [-0.39, 0.29) is 18.8 Å². The van der Waals surface area contributed by atoms with E-state index < -0.39 is 17.9 Å². The molecule has 0 radical (unpaired) electrons. The number of aliphatic hydroxyl groups is 1. The maximum Gasteiger partial charge on any atom is 0.314 e. The molecule has 3 N–H and O–H groups in total. The number of anilines is 1. The highest BCUT2D eigenvalue weighted by Crippen LogP contribution is 2.15. The fourth-order valence-electron chi connectivity index (χ4n) is 1.48. The van der Waals surface area contributed by atoms with Crippen molar-refractivity contribution < 1.29 is 23.6 Å². The third-order valence-corrected chi connectivity index (χ3v) is 2.52. The smallest absolute Gasteiger partial charge is 0.314 e. The average molecular weight is 279 g/mol. The first-order valence-electron chi connectivity index (χ1n) is 5.86. The Balaban J connectivity index is 1.71. The Morgan fingerprint density at radius 3 is 2.80 bits per heavy atom. The lowest BCUT2D eigenvalue weighted by Gasteiger charge is -2.08. The van der Waals surface area contributed by atoms with Gasteiger partial charge < -0.3 is 19.4 Å². The number of aliphatic hydroxyl groups excluding tert-OH is 1. The zero-order chi connectivity index (χ0) is 14.4. The van der Waals surface area contributed by atoms with E-state index in [2.05, 4.69) is 20.3 Å². The molecule has 2 aromatic rings. The summed E-state index contributed by atoms with van der Waals surface area (Å²) in [4.78, 5) is 22.9. The van der Waals surface area contributed by atoms with Crippen molar-refractivity contribution in [2.75, 3.05) is 11.9 Å². The van der Waals surface area contributed by atoms with Gasteiger partial charge in [-0.05, 0) is 12.5 Å². The lowest BCUT2D eigenvalue weighted by Crippen LogP contribution is -2.36. The normalized spacial score (nSPS) is 11.8. The summed E-state index contributed by atoms with van der Waals surface area (Å²) >= 11 is 0. The summed E-state index contributed by atoms with van der Waals surface area (Å²) in [6, 6.07) is 3.04. The molecule has 0 saturated carbocycles. The number of nitrogens with one attached hydrogen (secondary N) is 2. The first-order chi connectivity index (χ1) is 9.66. The van der Waals surface area contributed by atoms with Gasteiger partial charge in [-0.25, -0.2) is 0 Å². The van der Waals surface area contributed by atoms with Gasteiger partial charge in [0.1, 0.15) is 6.26 Å². The molecule has 8 nitrogen and oxygen atoms in total. The van der Waals surface area contributed by atoms with Gasteiger partial charge in [0.25, 0.3) is 0 Å². The van der Waals surface area contributed by atoms with Crippen molar-refractivity contribution in [2.45, 2.75) is 12.5 Å². The van der Waals surface area contributed by atoms with Gasteiger partial charge in [-0.1, -0.05) is 5.16 Å². The molecule has 0 aliphatic carbocycles. The Kier molecular flexibility index (Phi) is 4.51. The summed E-state index contributed by atoms with van der Waals surface area (Å²) in [6.07, 6.45) is 3.65. The fraction of sp³-hybridized carbons (Fsp3) is 0.250. The van der Waals surface area contributed by atoms with Crippen LogP contribution in [0.2, 0.25) is 0 Å². The summed E-state index contributed by atoms with van der Waals surface area (Å²) < 4.78 is 9.34. The van der Waals surface area contributed by atoms with E-state index in [0.29, 0.717) is 5.56 Å². The molecule has 2 amide bonds. The highest BCUT2D eigenvalue weighted by Gasteiger charge is 2.15. The molecule has 8 heteroatoms. The number of amides is 2. The second-order valence-corrected chi connectivity index (χ2v) is 3.96. The number of furan rings is 1. The van der Waals surface area contributed by atoms with Crippen molar-refractivity contribution in [3.63, 3.8) is 0 Å². The molecule has 2 rings (SSSR count). The van der Waals surface area contributed by atoms with Gasteiger partial charge in [0.2, 0.25) is 0 Å². The van der Waals surface area contributed by atoms with Crippen LogP contribution in [0, 0.1) is 0 Å². The molecule has 0 aliphatic rings. The van der Waals surface area contributed by atoms with Crippen molar-refractivity contribution >= 4 is 17.6 Å². The Morgan fingerprint density at radius 1 is 1.30 bits per heavy atom. The van der Waals surface area contributed by atoms with Crippen LogP contribution >= 0.6 is 0 Å². The molecule has 20 heavy (non-hydrogen) atoms.